The van der Waals surface area contributed by atoms with Gasteiger partial charge in [0.05, 0.1) is 17.8 Å². The molecule has 6 atom stereocenters. The molecule has 0 radical (unpaired) electrons. The molecule has 178 valence electrons. The van der Waals surface area contributed by atoms with Crippen molar-refractivity contribution >= 4 is 5.97 Å². The Morgan fingerprint density at radius 2 is 2.06 bits per heavy atom. The Kier molecular flexibility index (Phi) is 8.22. The smallest absolute Gasteiger partial charge is 0.416 e. The highest BCUT2D eigenvalue weighted by atomic mass is 19.4. The van der Waals surface area contributed by atoms with Crippen LogP contribution in [0.2, 0.25) is 0 Å². The number of benzene rings is 1. The molecule has 1 heterocycles. The number of carbonyl (C=O) groups excluding carboxylic acids is 1. The quantitative estimate of drug-likeness (QED) is 0.487. The molecule has 8 heteroatoms. The first-order valence-electron chi connectivity index (χ1n) is 11.2. The zero-order valence-electron chi connectivity index (χ0n) is 18.1. The second kappa shape index (κ2) is 10.7. The molecule has 1 aliphatic carbocycles. The monoisotopic (exact) mass is 456 g/mol. The van der Waals surface area contributed by atoms with Gasteiger partial charge in [-0.2, -0.15) is 13.2 Å². The van der Waals surface area contributed by atoms with E-state index in [9.17, 15) is 28.2 Å². The Morgan fingerprint density at radius 1 is 1.28 bits per heavy atom. The van der Waals surface area contributed by atoms with Crippen molar-refractivity contribution in [2.24, 2.45) is 17.8 Å². The highest BCUT2D eigenvalue weighted by Crippen LogP contribution is 2.43. The number of rotatable bonds is 6. The summed E-state index contributed by atoms with van der Waals surface area (Å²) in [5.74, 6) is -0.521. The Balaban J connectivity index is 1.59. The van der Waals surface area contributed by atoms with Crippen LogP contribution in [0.3, 0.4) is 0 Å². The van der Waals surface area contributed by atoms with E-state index in [1.54, 1.807) is 0 Å². The van der Waals surface area contributed by atoms with Crippen LogP contribution in [0.15, 0.2) is 36.4 Å². The van der Waals surface area contributed by atoms with Crippen LogP contribution < -0.4 is 4.74 Å². The van der Waals surface area contributed by atoms with E-state index < -0.39 is 23.9 Å². The lowest BCUT2D eigenvalue weighted by Gasteiger charge is -2.31. The average Bonchev–Trinajstić information content (AvgIpc) is 3.03. The lowest BCUT2D eigenvalue weighted by Crippen LogP contribution is -2.32. The van der Waals surface area contributed by atoms with Crippen molar-refractivity contribution in [3.63, 3.8) is 0 Å². The molecule has 0 saturated heterocycles. The fraction of sp³-hybridized carbons (Fsp3) is 0.625. The van der Waals surface area contributed by atoms with Crippen molar-refractivity contribution in [2.45, 2.75) is 69.9 Å². The van der Waals surface area contributed by atoms with Crippen LogP contribution in [-0.4, -0.2) is 41.1 Å². The SMILES string of the molecule is CC(C[C@@H](O)COc1cccc(C(F)(F)F)c1)[C@@H]1[C@H]2C/C=C\CCCC(=O)O[C@H]2C[C@H]1O. The lowest BCUT2D eigenvalue weighted by atomic mass is 9.79. The van der Waals surface area contributed by atoms with Gasteiger partial charge in [0.25, 0.3) is 0 Å². The van der Waals surface area contributed by atoms with Crippen molar-refractivity contribution in [2.75, 3.05) is 6.61 Å². The standard InChI is InChI=1S/C24H31F3O5/c1-15(11-17(28)14-31-18-8-6-7-16(12-18)24(25,26)27)23-19-9-4-2-3-5-10-22(30)32-21(19)13-20(23)29/h2,4,6-8,12,15,17,19-21,23,28-29H,3,5,9-11,13-14H2,1H3/b4-2-/t15?,17-,19+,20-,21+,23-/m1/s1. The largest absolute Gasteiger partial charge is 0.491 e. The van der Waals surface area contributed by atoms with E-state index in [0.717, 1.165) is 25.0 Å². The number of alkyl halides is 3. The van der Waals surface area contributed by atoms with E-state index in [-0.39, 0.29) is 42.2 Å². The van der Waals surface area contributed by atoms with Crippen molar-refractivity contribution in [1.82, 2.24) is 0 Å². The molecule has 0 bridgehead atoms. The lowest BCUT2D eigenvalue weighted by molar-refractivity contribution is -0.151. The minimum atomic E-state index is -4.46. The zero-order chi connectivity index (χ0) is 23.3. The molecule has 1 aromatic carbocycles. The number of hydrogen-bond acceptors (Lipinski definition) is 5. The Labute approximate surface area is 186 Å². The summed E-state index contributed by atoms with van der Waals surface area (Å²) in [5, 5.41) is 21.1. The predicted octanol–water partition coefficient (Wildman–Crippen LogP) is 4.51. The van der Waals surface area contributed by atoms with Gasteiger partial charge >= 0.3 is 12.1 Å². The maximum Gasteiger partial charge on any atom is 0.416 e. The van der Waals surface area contributed by atoms with Crippen LogP contribution >= 0.6 is 0 Å². The van der Waals surface area contributed by atoms with Crippen LogP contribution in [0.25, 0.3) is 0 Å². The van der Waals surface area contributed by atoms with Crippen LogP contribution in [0.5, 0.6) is 5.75 Å². The molecule has 0 spiro atoms. The summed E-state index contributed by atoms with van der Waals surface area (Å²) >= 11 is 0. The number of ether oxygens (including phenoxy) is 2. The molecule has 1 unspecified atom stereocenters. The first kappa shape index (κ1) is 24.6. The van der Waals surface area contributed by atoms with Crippen molar-refractivity contribution < 1.29 is 37.7 Å². The van der Waals surface area contributed by atoms with Crippen LogP contribution in [0.4, 0.5) is 13.2 Å². The van der Waals surface area contributed by atoms with Gasteiger partial charge in [0.15, 0.2) is 0 Å². The third kappa shape index (κ3) is 6.48. The maximum absolute atomic E-state index is 12.8. The number of hydrogen-bond donors (Lipinski definition) is 2. The number of fused-ring (bicyclic) bond motifs is 1. The molecule has 5 nitrogen and oxygen atoms in total. The first-order chi connectivity index (χ1) is 15.1. The normalized spacial score (nSPS) is 29.5. The number of aliphatic hydroxyl groups excluding tert-OH is 2. The Hall–Kier alpha value is -2.06. The summed E-state index contributed by atoms with van der Waals surface area (Å²) in [4.78, 5) is 12.1. The van der Waals surface area contributed by atoms with E-state index in [0.29, 0.717) is 25.7 Å². The summed E-state index contributed by atoms with van der Waals surface area (Å²) in [6, 6.07) is 4.54. The summed E-state index contributed by atoms with van der Waals surface area (Å²) in [5.41, 5.74) is -0.809. The molecule has 2 N–H and O–H groups in total. The van der Waals surface area contributed by atoms with Crippen LogP contribution in [0, 0.1) is 17.8 Å². The van der Waals surface area contributed by atoms with E-state index in [2.05, 4.69) is 12.2 Å². The molecular weight excluding hydrogens is 425 g/mol. The van der Waals surface area contributed by atoms with Gasteiger partial charge in [-0.1, -0.05) is 25.1 Å². The average molecular weight is 457 g/mol. The topological polar surface area (TPSA) is 76.0 Å². The highest BCUT2D eigenvalue weighted by Gasteiger charge is 2.46. The van der Waals surface area contributed by atoms with Gasteiger partial charge in [-0.05, 0) is 55.7 Å². The van der Waals surface area contributed by atoms with Crippen LogP contribution in [-0.2, 0) is 15.7 Å². The number of aliphatic hydroxyl groups is 2. The molecule has 1 aliphatic heterocycles. The van der Waals surface area contributed by atoms with Gasteiger partial charge in [0, 0.05) is 18.8 Å². The van der Waals surface area contributed by atoms with Gasteiger partial charge in [-0.15, -0.1) is 0 Å². The Bertz CT molecular complexity index is 794. The number of carbonyl (C=O) groups is 1. The minimum absolute atomic E-state index is 0.0388. The summed E-state index contributed by atoms with van der Waals surface area (Å²) in [6.45, 7) is 1.77. The summed E-state index contributed by atoms with van der Waals surface area (Å²) in [7, 11) is 0. The molecule has 3 rings (SSSR count). The molecule has 0 aromatic heterocycles. The van der Waals surface area contributed by atoms with Crippen molar-refractivity contribution in [1.29, 1.82) is 0 Å². The molecule has 0 amide bonds. The second-order valence-corrected chi connectivity index (χ2v) is 8.88. The van der Waals surface area contributed by atoms with Gasteiger partial charge in [-0.3, -0.25) is 4.79 Å². The highest BCUT2D eigenvalue weighted by molar-refractivity contribution is 5.69. The molecule has 1 aromatic rings. The first-order valence-corrected chi connectivity index (χ1v) is 11.2. The van der Waals surface area contributed by atoms with Gasteiger partial charge in [0.2, 0.25) is 0 Å². The molecule has 1 saturated carbocycles. The Morgan fingerprint density at radius 3 is 2.81 bits per heavy atom. The van der Waals surface area contributed by atoms with Crippen molar-refractivity contribution in [3.05, 3.63) is 42.0 Å². The summed E-state index contributed by atoms with van der Waals surface area (Å²) < 4.78 is 49.6. The van der Waals surface area contributed by atoms with Gasteiger partial charge in [0.1, 0.15) is 18.5 Å². The van der Waals surface area contributed by atoms with E-state index in [1.807, 2.05) is 6.92 Å². The molecular formula is C24H31F3O5. The van der Waals surface area contributed by atoms with Gasteiger partial charge < -0.3 is 19.7 Å². The van der Waals surface area contributed by atoms with E-state index >= 15 is 0 Å². The minimum Gasteiger partial charge on any atom is -0.491 e. The van der Waals surface area contributed by atoms with E-state index in [4.69, 9.17) is 9.47 Å². The van der Waals surface area contributed by atoms with Gasteiger partial charge in [-0.25, -0.2) is 0 Å². The third-order valence-corrected chi connectivity index (χ3v) is 6.40. The van der Waals surface area contributed by atoms with Crippen molar-refractivity contribution in [3.8, 4) is 5.75 Å². The number of esters is 1. The number of allylic oxidation sites excluding steroid dienone is 2. The van der Waals surface area contributed by atoms with Crippen LogP contribution in [0.1, 0.15) is 51.0 Å². The predicted molar refractivity (Wildman–Crippen MR) is 112 cm³/mol. The fourth-order valence-corrected chi connectivity index (χ4v) is 4.92. The maximum atomic E-state index is 12.8. The molecule has 1 fully saturated rings. The molecule has 2 aliphatic rings. The third-order valence-electron chi connectivity index (χ3n) is 6.40. The second-order valence-electron chi connectivity index (χ2n) is 8.88. The number of halogens is 3. The fourth-order valence-electron chi connectivity index (χ4n) is 4.92. The van der Waals surface area contributed by atoms with E-state index in [1.165, 1.54) is 12.1 Å². The summed E-state index contributed by atoms with van der Waals surface area (Å²) in [6.07, 6.45) is 1.01. The molecule has 32 heavy (non-hydrogen) atoms. The zero-order valence-corrected chi connectivity index (χ0v) is 18.1.